The second kappa shape index (κ2) is 9.10. The van der Waals surface area contributed by atoms with Gasteiger partial charge in [-0.15, -0.1) is 4.91 Å². The standard InChI is InChI=1S/C22H16Cl2IN3O3/c23-17-7-1-13(11-19(17)26-29)20-9-10-21(27(20)16-5-3-15(25)4-6-16)14-2-8-18(24)22(12-14)28(30)31/h1-8,11-12,20-21H,9-10H2/t20?,21-/m1/s1. The number of nitro groups is 1. The van der Waals surface area contributed by atoms with E-state index in [2.05, 4.69) is 32.7 Å². The molecule has 6 nitrogen and oxygen atoms in total. The second-order valence-electron chi connectivity index (χ2n) is 7.26. The molecule has 2 atom stereocenters. The number of nitro benzene ring substituents is 1. The number of nitrogens with zero attached hydrogens (tertiary/aromatic N) is 3. The highest BCUT2D eigenvalue weighted by molar-refractivity contribution is 14.1. The first kappa shape index (κ1) is 22.0. The summed E-state index contributed by atoms with van der Waals surface area (Å²) in [6, 6.07) is 18.2. The van der Waals surface area contributed by atoms with Crippen molar-refractivity contribution in [3.8, 4) is 0 Å². The van der Waals surface area contributed by atoms with Crippen molar-refractivity contribution in [2.75, 3.05) is 4.90 Å². The molecular formula is C22H16Cl2IN3O3. The average molecular weight is 568 g/mol. The summed E-state index contributed by atoms with van der Waals surface area (Å²) >= 11 is 14.4. The Morgan fingerprint density at radius 2 is 1.52 bits per heavy atom. The van der Waals surface area contributed by atoms with E-state index in [1.165, 1.54) is 0 Å². The van der Waals surface area contributed by atoms with E-state index < -0.39 is 4.92 Å². The highest BCUT2D eigenvalue weighted by Crippen LogP contribution is 2.48. The molecule has 9 heteroatoms. The van der Waals surface area contributed by atoms with Crippen LogP contribution in [0.3, 0.4) is 0 Å². The van der Waals surface area contributed by atoms with Gasteiger partial charge in [0.1, 0.15) is 10.7 Å². The quantitative estimate of drug-likeness (QED) is 0.135. The molecule has 3 aromatic rings. The van der Waals surface area contributed by atoms with Crippen molar-refractivity contribution >= 4 is 62.9 Å². The Bertz CT molecular complexity index is 1160. The van der Waals surface area contributed by atoms with Crippen LogP contribution in [-0.2, 0) is 0 Å². The molecule has 0 radical (unpaired) electrons. The monoisotopic (exact) mass is 567 g/mol. The maximum atomic E-state index is 11.4. The minimum absolute atomic E-state index is 0.0439. The summed E-state index contributed by atoms with van der Waals surface area (Å²) in [5.74, 6) is 0. The Balaban J connectivity index is 1.81. The molecule has 4 rings (SSSR count). The van der Waals surface area contributed by atoms with Gasteiger partial charge in [-0.05, 0) is 94.2 Å². The molecule has 0 aromatic heterocycles. The summed E-state index contributed by atoms with van der Waals surface area (Å²) in [6.07, 6.45) is 1.58. The summed E-state index contributed by atoms with van der Waals surface area (Å²) in [5, 5.41) is 14.9. The number of anilines is 1. The van der Waals surface area contributed by atoms with Crippen LogP contribution in [0.2, 0.25) is 10.0 Å². The fourth-order valence-corrected chi connectivity index (χ4v) is 4.82. The van der Waals surface area contributed by atoms with Gasteiger partial charge in [0.2, 0.25) is 0 Å². The fourth-order valence-electron chi connectivity index (χ4n) is 4.12. The van der Waals surface area contributed by atoms with Crippen LogP contribution >= 0.6 is 45.8 Å². The van der Waals surface area contributed by atoms with Crippen LogP contribution in [0.4, 0.5) is 17.1 Å². The Hall–Kier alpha value is -2.23. The summed E-state index contributed by atoms with van der Waals surface area (Å²) < 4.78 is 1.11. The molecule has 0 amide bonds. The molecule has 0 bridgehead atoms. The molecular weight excluding hydrogens is 552 g/mol. The molecule has 0 saturated carbocycles. The first-order chi connectivity index (χ1) is 14.9. The lowest BCUT2D eigenvalue weighted by Crippen LogP contribution is -2.26. The number of hydrogen-bond acceptors (Lipinski definition) is 5. The van der Waals surface area contributed by atoms with Crippen molar-refractivity contribution in [1.29, 1.82) is 0 Å². The van der Waals surface area contributed by atoms with Gasteiger partial charge in [0.05, 0.1) is 22.0 Å². The van der Waals surface area contributed by atoms with Crippen molar-refractivity contribution < 1.29 is 4.92 Å². The maximum absolute atomic E-state index is 11.4. The van der Waals surface area contributed by atoms with E-state index in [-0.39, 0.29) is 28.5 Å². The second-order valence-corrected chi connectivity index (χ2v) is 9.32. The van der Waals surface area contributed by atoms with Crippen molar-refractivity contribution in [1.82, 2.24) is 0 Å². The van der Waals surface area contributed by atoms with Crippen LogP contribution in [0.15, 0.2) is 65.8 Å². The van der Waals surface area contributed by atoms with Gasteiger partial charge in [-0.25, -0.2) is 0 Å². The smallest absolute Gasteiger partial charge is 0.288 e. The van der Waals surface area contributed by atoms with Gasteiger partial charge >= 0.3 is 0 Å². The van der Waals surface area contributed by atoms with Gasteiger partial charge in [-0.1, -0.05) is 35.3 Å². The number of rotatable bonds is 5. The van der Waals surface area contributed by atoms with Crippen molar-refractivity contribution in [3.05, 3.63) is 100 Å². The molecule has 1 unspecified atom stereocenters. The van der Waals surface area contributed by atoms with Gasteiger partial charge < -0.3 is 4.90 Å². The van der Waals surface area contributed by atoms with Crippen LogP contribution in [0.5, 0.6) is 0 Å². The Labute approximate surface area is 202 Å². The summed E-state index contributed by atoms with van der Waals surface area (Å²) in [5.41, 5.74) is 2.82. The summed E-state index contributed by atoms with van der Waals surface area (Å²) in [4.78, 5) is 24.4. The predicted octanol–water partition coefficient (Wildman–Crippen LogP) is 7.99. The van der Waals surface area contributed by atoms with Crippen LogP contribution in [0.1, 0.15) is 36.1 Å². The summed E-state index contributed by atoms with van der Waals surface area (Å²) in [7, 11) is 0. The third-order valence-electron chi connectivity index (χ3n) is 5.51. The first-order valence-corrected chi connectivity index (χ1v) is 11.3. The van der Waals surface area contributed by atoms with Gasteiger partial charge in [0.15, 0.2) is 0 Å². The highest BCUT2D eigenvalue weighted by Gasteiger charge is 2.36. The maximum Gasteiger partial charge on any atom is 0.288 e. The zero-order chi connectivity index (χ0) is 22.1. The van der Waals surface area contributed by atoms with E-state index in [1.807, 2.05) is 36.4 Å². The zero-order valence-electron chi connectivity index (χ0n) is 16.0. The molecule has 1 saturated heterocycles. The van der Waals surface area contributed by atoms with E-state index >= 15 is 0 Å². The fraction of sp³-hybridized carbons (Fsp3) is 0.182. The van der Waals surface area contributed by atoms with Gasteiger partial charge in [-0.3, -0.25) is 10.1 Å². The minimum Gasteiger partial charge on any atom is -0.357 e. The number of benzene rings is 3. The first-order valence-electron chi connectivity index (χ1n) is 9.49. The molecule has 1 fully saturated rings. The van der Waals surface area contributed by atoms with Crippen LogP contribution in [-0.4, -0.2) is 4.92 Å². The third kappa shape index (κ3) is 4.40. The van der Waals surface area contributed by atoms with E-state index in [0.29, 0.717) is 5.02 Å². The molecule has 31 heavy (non-hydrogen) atoms. The number of nitroso groups, excluding NO2 is 1. The zero-order valence-corrected chi connectivity index (χ0v) is 19.7. The SMILES string of the molecule is O=Nc1cc(C2CC[C@H](c3ccc(Cl)c([N+](=O)[O-])c3)N2c2ccc(I)cc2)ccc1Cl. The van der Waals surface area contributed by atoms with E-state index in [0.717, 1.165) is 33.2 Å². The summed E-state index contributed by atoms with van der Waals surface area (Å²) in [6.45, 7) is 0. The average Bonchev–Trinajstić information content (AvgIpc) is 3.20. The van der Waals surface area contributed by atoms with Gasteiger partial charge in [0.25, 0.3) is 5.69 Å². The number of halogens is 3. The normalized spacial score (nSPS) is 18.2. The Morgan fingerprint density at radius 1 is 0.935 bits per heavy atom. The van der Waals surface area contributed by atoms with Crippen LogP contribution < -0.4 is 4.90 Å². The topological polar surface area (TPSA) is 75.8 Å². The molecule has 1 aliphatic heterocycles. The molecule has 1 heterocycles. The molecule has 0 aliphatic carbocycles. The van der Waals surface area contributed by atoms with Crippen LogP contribution in [0, 0.1) is 18.6 Å². The highest BCUT2D eigenvalue weighted by atomic mass is 127. The largest absolute Gasteiger partial charge is 0.357 e. The molecule has 1 aliphatic rings. The molecule has 158 valence electrons. The lowest BCUT2D eigenvalue weighted by atomic mass is 10.0. The van der Waals surface area contributed by atoms with Crippen molar-refractivity contribution in [3.63, 3.8) is 0 Å². The minimum atomic E-state index is -0.464. The molecule has 3 aromatic carbocycles. The van der Waals surface area contributed by atoms with Gasteiger partial charge in [0, 0.05) is 15.3 Å². The lowest BCUT2D eigenvalue weighted by Gasteiger charge is -2.33. The third-order valence-corrected chi connectivity index (χ3v) is 6.87. The van der Waals surface area contributed by atoms with Crippen molar-refractivity contribution in [2.45, 2.75) is 24.9 Å². The Morgan fingerprint density at radius 3 is 2.10 bits per heavy atom. The molecule has 0 spiro atoms. The van der Waals surface area contributed by atoms with E-state index in [4.69, 9.17) is 23.2 Å². The Kier molecular flexibility index (Phi) is 6.45. The lowest BCUT2D eigenvalue weighted by molar-refractivity contribution is -0.384. The predicted molar refractivity (Wildman–Crippen MR) is 131 cm³/mol. The van der Waals surface area contributed by atoms with Gasteiger partial charge in [-0.2, -0.15) is 0 Å². The van der Waals surface area contributed by atoms with Crippen molar-refractivity contribution in [2.24, 2.45) is 5.18 Å². The number of hydrogen-bond donors (Lipinski definition) is 0. The van der Waals surface area contributed by atoms with E-state index in [1.54, 1.807) is 24.3 Å². The van der Waals surface area contributed by atoms with Crippen LogP contribution in [0.25, 0.3) is 0 Å². The van der Waals surface area contributed by atoms with E-state index in [9.17, 15) is 15.0 Å². The molecule has 0 N–H and O–H groups in total.